The fourth-order valence-corrected chi connectivity index (χ4v) is 4.10. The lowest BCUT2D eigenvalue weighted by molar-refractivity contribution is 0.0857. The van der Waals surface area contributed by atoms with Crippen molar-refractivity contribution in [2.45, 2.75) is 18.2 Å². The van der Waals surface area contributed by atoms with Crippen LogP contribution in [0, 0.1) is 0 Å². The van der Waals surface area contributed by atoms with E-state index in [0.717, 1.165) is 16.5 Å². The lowest BCUT2D eigenvalue weighted by Crippen LogP contribution is -2.33. The van der Waals surface area contributed by atoms with E-state index in [-0.39, 0.29) is 23.6 Å². The van der Waals surface area contributed by atoms with Crippen molar-refractivity contribution in [3.63, 3.8) is 0 Å². The average Bonchev–Trinajstić information content (AvgIpc) is 2.82. The standard InChI is InChI=1S/C18H19NO5S/c1-2-12-23-14-7-9-15(10-8-14)24-13-11-19-18(20)16-5-3-4-6-17(16)25(19,21)22/h3-10H,2,11-13H2,1H3. The molecule has 0 aliphatic carbocycles. The van der Waals surface area contributed by atoms with Crippen molar-refractivity contribution < 1.29 is 22.7 Å². The van der Waals surface area contributed by atoms with Gasteiger partial charge in [0.1, 0.15) is 23.0 Å². The quantitative estimate of drug-likeness (QED) is 0.758. The van der Waals surface area contributed by atoms with Crippen LogP contribution >= 0.6 is 0 Å². The fourth-order valence-electron chi connectivity index (χ4n) is 2.55. The van der Waals surface area contributed by atoms with Crippen LogP contribution in [0.1, 0.15) is 23.7 Å². The van der Waals surface area contributed by atoms with Crippen LogP contribution in [-0.4, -0.2) is 38.4 Å². The first-order valence-electron chi connectivity index (χ1n) is 8.06. The van der Waals surface area contributed by atoms with Crippen molar-refractivity contribution in [1.29, 1.82) is 0 Å². The molecular weight excluding hydrogens is 342 g/mol. The lowest BCUT2D eigenvalue weighted by Gasteiger charge is -2.15. The van der Waals surface area contributed by atoms with Crippen LogP contribution in [0.25, 0.3) is 0 Å². The van der Waals surface area contributed by atoms with E-state index in [0.29, 0.717) is 12.4 Å². The number of benzene rings is 2. The molecule has 1 heterocycles. The number of amides is 1. The lowest BCUT2D eigenvalue weighted by atomic mass is 10.2. The summed E-state index contributed by atoms with van der Waals surface area (Å²) in [4.78, 5) is 12.3. The van der Waals surface area contributed by atoms with Gasteiger partial charge in [-0.1, -0.05) is 19.1 Å². The number of hydrogen-bond donors (Lipinski definition) is 0. The Balaban J connectivity index is 1.60. The molecule has 2 aromatic rings. The summed E-state index contributed by atoms with van der Waals surface area (Å²) in [6.07, 6.45) is 0.930. The molecule has 2 aromatic carbocycles. The molecule has 6 nitrogen and oxygen atoms in total. The molecule has 0 unspecified atom stereocenters. The zero-order chi connectivity index (χ0) is 17.9. The van der Waals surface area contributed by atoms with Crippen molar-refractivity contribution in [3.8, 4) is 11.5 Å². The normalized spacial score (nSPS) is 15.1. The van der Waals surface area contributed by atoms with Gasteiger partial charge in [0.2, 0.25) is 0 Å². The van der Waals surface area contributed by atoms with Crippen molar-refractivity contribution in [3.05, 3.63) is 54.1 Å². The molecule has 0 aromatic heterocycles. The highest BCUT2D eigenvalue weighted by atomic mass is 32.2. The Bertz CT molecular complexity index is 861. The number of carbonyl (C=O) groups excluding carboxylic acids is 1. The van der Waals surface area contributed by atoms with E-state index in [1.54, 1.807) is 36.4 Å². The van der Waals surface area contributed by atoms with Gasteiger partial charge in [0.05, 0.1) is 18.7 Å². The Hall–Kier alpha value is -2.54. The van der Waals surface area contributed by atoms with Crippen LogP contribution in [0.2, 0.25) is 0 Å². The van der Waals surface area contributed by atoms with Gasteiger partial charge in [0.25, 0.3) is 15.9 Å². The number of hydrogen-bond acceptors (Lipinski definition) is 5. The maximum absolute atomic E-state index is 12.4. The number of ether oxygens (including phenoxy) is 2. The van der Waals surface area contributed by atoms with Crippen LogP contribution in [0.3, 0.4) is 0 Å². The fraction of sp³-hybridized carbons (Fsp3) is 0.278. The summed E-state index contributed by atoms with van der Waals surface area (Å²) >= 11 is 0. The van der Waals surface area contributed by atoms with Gasteiger partial charge >= 0.3 is 0 Å². The summed E-state index contributed by atoms with van der Waals surface area (Å²) in [7, 11) is -3.78. The Morgan fingerprint density at radius 3 is 2.12 bits per heavy atom. The molecule has 0 radical (unpaired) electrons. The molecule has 0 N–H and O–H groups in total. The second-order valence-electron chi connectivity index (χ2n) is 5.55. The van der Waals surface area contributed by atoms with Crippen molar-refractivity contribution in [2.75, 3.05) is 19.8 Å². The second kappa shape index (κ2) is 7.14. The van der Waals surface area contributed by atoms with Gasteiger partial charge in [-0.2, -0.15) is 0 Å². The summed E-state index contributed by atoms with van der Waals surface area (Å²) in [6, 6.07) is 13.3. The summed E-state index contributed by atoms with van der Waals surface area (Å²) in [5.41, 5.74) is 0.208. The van der Waals surface area contributed by atoms with Gasteiger partial charge in [0, 0.05) is 0 Å². The minimum Gasteiger partial charge on any atom is -0.494 e. The molecule has 7 heteroatoms. The number of sulfonamides is 1. The largest absolute Gasteiger partial charge is 0.494 e. The SMILES string of the molecule is CCCOc1ccc(OCCN2C(=O)c3ccccc3S2(=O)=O)cc1. The smallest absolute Gasteiger partial charge is 0.269 e. The highest BCUT2D eigenvalue weighted by molar-refractivity contribution is 7.90. The summed E-state index contributed by atoms with van der Waals surface area (Å²) in [5.74, 6) is 0.829. The number of carbonyl (C=O) groups is 1. The predicted octanol–water partition coefficient (Wildman–Crippen LogP) is 2.70. The van der Waals surface area contributed by atoms with Crippen LogP contribution in [0.15, 0.2) is 53.4 Å². The van der Waals surface area contributed by atoms with Crippen LogP contribution in [0.5, 0.6) is 11.5 Å². The van der Waals surface area contributed by atoms with Crippen LogP contribution in [-0.2, 0) is 10.0 Å². The highest BCUT2D eigenvalue weighted by Gasteiger charge is 2.40. The summed E-state index contributed by atoms with van der Waals surface area (Å²) in [6.45, 7) is 2.72. The minimum atomic E-state index is -3.78. The predicted molar refractivity (Wildman–Crippen MR) is 92.4 cm³/mol. The third-order valence-corrected chi connectivity index (χ3v) is 5.61. The van der Waals surface area contributed by atoms with E-state index in [1.165, 1.54) is 12.1 Å². The van der Waals surface area contributed by atoms with Crippen molar-refractivity contribution >= 4 is 15.9 Å². The van der Waals surface area contributed by atoms with Gasteiger partial charge in [0.15, 0.2) is 0 Å². The molecule has 1 aliphatic heterocycles. The first-order valence-corrected chi connectivity index (χ1v) is 9.50. The first kappa shape index (κ1) is 17.3. The molecule has 0 spiro atoms. The number of fused-ring (bicyclic) bond motifs is 1. The third-order valence-electron chi connectivity index (χ3n) is 3.77. The first-order chi connectivity index (χ1) is 12.0. The van der Waals surface area contributed by atoms with Crippen molar-refractivity contribution in [1.82, 2.24) is 4.31 Å². The van der Waals surface area contributed by atoms with Gasteiger partial charge < -0.3 is 9.47 Å². The van der Waals surface area contributed by atoms with Crippen LogP contribution < -0.4 is 9.47 Å². The molecule has 3 rings (SSSR count). The average molecular weight is 361 g/mol. The third kappa shape index (κ3) is 3.46. The molecular formula is C18H19NO5S. The number of rotatable bonds is 7. The van der Waals surface area contributed by atoms with E-state index in [1.807, 2.05) is 6.92 Å². The molecule has 0 saturated carbocycles. The number of nitrogens with zero attached hydrogens (tertiary/aromatic N) is 1. The second-order valence-corrected chi connectivity index (χ2v) is 7.38. The molecule has 1 aliphatic rings. The minimum absolute atomic E-state index is 0.0378. The molecule has 0 fully saturated rings. The topological polar surface area (TPSA) is 72.9 Å². The van der Waals surface area contributed by atoms with E-state index in [2.05, 4.69) is 0 Å². The van der Waals surface area contributed by atoms with Gasteiger partial charge in [-0.05, 0) is 42.8 Å². The van der Waals surface area contributed by atoms with Gasteiger partial charge in [-0.25, -0.2) is 12.7 Å². The Morgan fingerprint density at radius 1 is 0.920 bits per heavy atom. The molecule has 25 heavy (non-hydrogen) atoms. The molecule has 132 valence electrons. The van der Waals surface area contributed by atoms with E-state index < -0.39 is 15.9 Å². The van der Waals surface area contributed by atoms with E-state index in [9.17, 15) is 13.2 Å². The maximum Gasteiger partial charge on any atom is 0.269 e. The highest BCUT2D eigenvalue weighted by Crippen LogP contribution is 2.29. The Kier molecular flexibility index (Phi) is 4.94. The zero-order valence-electron chi connectivity index (χ0n) is 13.8. The summed E-state index contributed by atoms with van der Waals surface area (Å²) in [5, 5.41) is 0. The summed E-state index contributed by atoms with van der Waals surface area (Å²) < 4.78 is 36.7. The Morgan fingerprint density at radius 2 is 1.52 bits per heavy atom. The van der Waals surface area contributed by atoms with Crippen LogP contribution in [0.4, 0.5) is 0 Å². The van der Waals surface area contributed by atoms with Gasteiger partial charge in [-0.15, -0.1) is 0 Å². The molecule has 0 atom stereocenters. The molecule has 0 saturated heterocycles. The van der Waals surface area contributed by atoms with Crippen molar-refractivity contribution in [2.24, 2.45) is 0 Å². The van der Waals surface area contributed by atoms with E-state index in [4.69, 9.17) is 9.47 Å². The zero-order valence-corrected chi connectivity index (χ0v) is 14.7. The maximum atomic E-state index is 12.4. The Labute approximate surface area is 147 Å². The van der Waals surface area contributed by atoms with E-state index >= 15 is 0 Å². The molecule has 0 bridgehead atoms. The molecule has 1 amide bonds. The van der Waals surface area contributed by atoms with Gasteiger partial charge in [-0.3, -0.25) is 4.79 Å². The monoisotopic (exact) mass is 361 g/mol.